The largest absolute Gasteiger partial charge is 0.316 e. The van der Waals surface area contributed by atoms with Crippen molar-refractivity contribution >= 4 is 0 Å². The Kier molecular flexibility index (Phi) is 2.86. The topological polar surface area (TPSA) is 15.3 Å². The molecule has 0 aliphatic heterocycles. The summed E-state index contributed by atoms with van der Waals surface area (Å²) in [5.74, 6) is -2.47. The number of nitrogens with zero attached hydrogens (tertiary/aromatic N) is 1. The summed E-state index contributed by atoms with van der Waals surface area (Å²) in [6.45, 7) is 3.76. The molecule has 2 nitrogen and oxygen atoms in total. The van der Waals surface area contributed by atoms with Gasteiger partial charge in [0.15, 0.2) is 0 Å². The molecule has 0 spiro atoms. The maximum Gasteiger partial charge on any atom is 0.250 e. The first-order valence-electron chi connectivity index (χ1n) is 4.80. The van der Waals surface area contributed by atoms with Crippen LogP contribution in [-0.2, 0) is 0 Å². The number of hydrazine groups is 1. The van der Waals surface area contributed by atoms with E-state index in [4.69, 9.17) is 0 Å². The van der Waals surface area contributed by atoms with Gasteiger partial charge in [-0.3, -0.25) is 0 Å². The Bertz CT molecular complexity index is 241. The fourth-order valence-electron chi connectivity index (χ4n) is 2.34. The van der Waals surface area contributed by atoms with E-state index in [1.54, 1.807) is 12.1 Å². The third-order valence-corrected chi connectivity index (χ3v) is 2.89. The Hall–Kier alpha value is -0.640. The maximum absolute atomic E-state index is 12.8. The van der Waals surface area contributed by atoms with Gasteiger partial charge < -0.3 is 5.01 Å². The Balaban J connectivity index is 2.74. The van der Waals surface area contributed by atoms with Crippen molar-refractivity contribution in [2.45, 2.75) is 32.6 Å². The first-order valence-corrected chi connectivity index (χ1v) is 4.80. The Morgan fingerprint density at radius 3 is 2.21 bits per heavy atom. The van der Waals surface area contributed by atoms with Crippen molar-refractivity contribution in [3.05, 3.63) is 11.8 Å². The molecule has 1 rings (SSSR count). The summed E-state index contributed by atoms with van der Waals surface area (Å²) in [7, 11) is 3.63. The number of rotatable bonds is 3. The standard InChI is InChI=1S/C10H18F2N2/c1-5-8(14(4)13-3)9(2)6-10(11,12)7-9/h5,13H,6-7H2,1-4H3/b8-5-. The van der Waals surface area contributed by atoms with Crippen LogP contribution in [0.5, 0.6) is 0 Å². The van der Waals surface area contributed by atoms with Gasteiger partial charge in [0.25, 0.3) is 0 Å². The Morgan fingerprint density at radius 2 is 1.93 bits per heavy atom. The number of hydrogen-bond donors (Lipinski definition) is 1. The van der Waals surface area contributed by atoms with Gasteiger partial charge >= 0.3 is 0 Å². The summed E-state index contributed by atoms with van der Waals surface area (Å²) < 4.78 is 25.7. The van der Waals surface area contributed by atoms with Crippen LogP contribution in [0.2, 0.25) is 0 Å². The van der Waals surface area contributed by atoms with Gasteiger partial charge in [-0.1, -0.05) is 13.0 Å². The molecule has 14 heavy (non-hydrogen) atoms. The van der Waals surface area contributed by atoms with E-state index < -0.39 is 5.92 Å². The van der Waals surface area contributed by atoms with Crippen LogP contribution in [0.25, 0.3) is 0 Å². The highest BCUT2D eigenvalue weighted by molar-refractivity contribution is 5.18. The second-order valence-electron chi connectivity index (χ2n) is 4.23. The number of allylic oxidation sites excluding steroid dienone is 2. The van der Waals surface area contributed by atoms with E-state index in [2.05, 4.69) is 5.43 Å². The number of halogens is 2. The molecular formula is C10H18F2N2. The third-order valence-electron chi connectivity index (χ3n) is 2.89. The third kappa shape index (κ3) is 1.90. The monoisotopic (exact) mass is 204 g/mol. The van der Waals surface area contributed by atoms with Gasteiger partial charge in [0.2, 0.25) is 5.92 Å². The van der Waals surface area contributed by atoms with Crippen molar-refractivity contribution in [1.82, 2.24) is 10.4 Å². The molecule has 1 fully saturated rings. The zero-order chi connectivity index (χ0) is 11.0. The van der Waals surface area contributed by atoms with Crippen LogP contribution in [0.1, 0.15) is 26.7 Å². The molecule has 0 unspecified atom stereocenters. The van der Waals surface area contributed by atoms with Gasteiger partial charge in [0.05, 0.1) is 0 Å². The summed E-state index contributed by atoms with van der Waals surface area (Å²) in [5, 5.41) is 1.80. The van der Waals surface area contributed by atoms with Crippen LogP contribution < -0.4 is 5.43 Å². The maximum atomic E-state index is 12.8. The van der Waals surface area contributed by atoms with Gasteiger partial charge in [-0.15, -0.1) is 0 Å². The normalized spacial score (nSPS) is 24.3. The van der Waals surface area contributed by atoms with Crippen LogP contribution in [0.4, 0.5) is 8.78 Å². The Morgan fingerprint density at radius 1 is 1.43 bits per heavy atom. The molecule has 0 amide bonds. The molecule has 0 radical (unpaired) electrons. The molecule has 1 aliphatic rings. The summed E-state index contributed by atoms with van der Waals surface area (Å²) in [6, 6.07) is 0. The predicted octanol–water partition coefficient (Wildman–Crippen LogP) is 2.39. The van der Waals surface area contributed by atoms with Gasteiger partial charge in [0.1, 0.15) is 0 Å². The summed E-state index contributed by atoms with van der Waals surface area (Å²) in [6.07, 6.45) is 1.79. The highest BCUT2D eigenvalue weighted by atomic mass is 19.3. The van der Waals surface area contributed by atoms with Crippen LogP contribution in [0, 0.1) is 5.41 Å². The SMILES string of the molecule is C/C=C(\N(C)NC)C1(C)CC(F)(F)C1. The molecule has 0 bridgehead atoms. The molecule has 0 aromatic heterocycles. The lowest BCUT2D eigenvalue weighted by atomic mass is 9.65. The lowest BCUT2D eigenvalue weighted by Crippen LogP contribution is -2.50. The van der Waals surface area contributed by atoms with Crippen molar-refractivity contribution in [3.8, 4) is 0 Å². The predicted molar refractivity (Wildman–Crippen MR) is 52.9 cm³/mol. The quantitative estimate of drug-likeness (QED) is 0.710. The average Bonchev–Trinajstić information content (AvgIpc) is 2.01. The van der Waals surface area contributed by atoms with Crippen LogP contribution in [0.3, 0.4) is 0 Å². The van der Waals surface area contributed by atoms with E-state index in [-0.39, 0.29) is 18.3 Å². The number of nitrogens with one attached hydrogen (secondary N) is 1. The fraction of sp³-hybridized carbons (Fsp3) is 0.800. The van der Waals surface area contributed by atoms with E-state index in [9.17, 15) is 8.78 Å². The van der Waals surface area contributed by atoms with Gasteiger partial charge in [0, 0.05) is 38.0 Å². The second kappa shape index (κ2) is 3.50. The van der Waals surface area contributed by atoms with Gasteiger partial charge in [-0.25, -0.2) is 14.2 Å². The van der Waals surface area contributed by atoms with Crippen molar-refractivity contribution in [1.29, 1.82) is 0 Å². The van der Waals surface area contributed by atoms with Gasteiger partial charge in [-0.05, 0) is 6.92 Å². The molecule has 0 aromatic rings. The lowest BCUT2D eigenvalue weighted by Gasteiger charge is -2.48. The molecule has 0 heterocycles. The minimum absolute atomic E-state index is 0.0499. The molecule has 1 N–H and O–H groups in total. The molecular weight excluding hydrogens is 186 g/mol. The Labute approximate surface area is 83.9 Å². The van der Waals surface area contributed by atoms with Crippen LogP contribution >= 0.6 is 0 Å². The summed E-state index contributed by atoms with van der Waals surface area (Å²) >= 11 is 0. The minimum atomic E-state index is -2.47. The van der Waals surface area contributed by atoms with Crippen molar-refractivity contribution in [2.24, 2.45) is 5.41 Å². The minimum Gasteiger partial charge on any atom is -0.316 e. The van der Waals surface area contributed by atoms with Crippen molar-refractivity contribution in [2.75, 3.05) is 14.1 Å². The first-order chi connectivity index (χ1) is 6.34. The van der Waals surface area contributed by atoms with Crippen LogP contribution in [0.15, 0.2) is 11.8 Å². The van der Waals surface area contributed by atoms with E-state index in [1.807, 2.05) is 27.0 Å². The fourth-order valence-corrected chi connectivity index (χ4v) is 2.34. The zero-order valence-corrected chi connectivity index (χ0v) is 9.19. The number of hydrogen-bond acceptors (Lipinski definition) is 2. The highest BCUT2D eigenvalue weighted by Crippen LogP contribution is 2.55. The van der Waals surface area contributed by atoms with E-state index in [0.29, 0.717) is 0 Å². The average molecular weight is 204 g/mol. The molecule has 0 saturated heterocycles. The zero-order valence-electron chi connectivity index (χ0n) is 9.19. The van der Waals surface area contributed by atoms with Crippen molar-refractivity contribution < 1.29 is 8.78 Å². The van der Waals surface area contributed by atoms with E-state index >= 15 is 0 Å². The highest BCUT2D eigenvalue weighted by Gasteiger charge is 2.55. The summed E-state index contributed by atoms with van der Waals surface area (Å²) in [4.78, 5) is 0. The smallest absolute Gasteiger partial charge is 0.250 e. The molecule has 82 valence electrons. The van der Waals surface area contributed by atoms with Crippen LogP contribution in [-0.4, -0.2) is 25.0 Å². The lowest BCUT2D eigenvalue weighted by molar-refractivity contribution is -0.146. The molecule has 1 saturated carbocycles. The summed E-state index contributed by atoms with van der Waals surface area (Å²) in [5.41, 5.74) is 3.49. The van der Waals surface area contributed by atoms with E-state index in [0.717, 1.165) is 5.70 Å². The molecule has 4 heteroatoms. The second-order valence-corrected chi connectivity index (χ2v) is 4.23. The first kappa shape index (κ1) is 11.4. The van der Waals surface area contributed by atoms with Crippen molar-refractivity contribution in [3.63, 3.8) is 0 Å². The molecule has 0 aromatic carbocycles. The van der Waals surface area contributed by atoms with Gasteiger partial charge in [-0.2, -0.15) is 0 Å². The number of alkyl halides is 2. The molecule has 0 atom stereocenters. The molecule has 1 aliphatic carbocycles. The van der Waals surface area contributed by atoms with E-state index in [1.165, 1.54) is 0 Å².